The fourth-order valence-corrected chi connectivity index (χ4v) is 4.15. The Labute approximate surface area is 180 Å². The SMILES string of the molecule is CCOCCCn1c(C)c(C)n2c3c(=O)n(Cc4ccccc4C)c(=O)n(C)c3nc12. The molecule has 0 spiro atoms. The molecule has 0 aliphatic carbocycles. The molecule has 3 heterocycles. The molecule has 0 bridgehead atoms. The summed E-state index contributed by atoms with van der Waals surface area (Å²) in [4.78, 5) is 31.3. The third-order valence-corrected chi connectivity index (χ3v) is 6.09. The zero-order valence-corrected chi connectivity index (χ0v) is 18.8. The maximum absolute atomic E-state index is 13.5. The predicted molar refractivity (Wildman–Crippen MR) is 121 cm³/mol. The molecule has 0 fully saturated rings. The minimum Gasteiger partial charge on any atom is -0.382 e. The van der Waals surface area contributed by atoms with Crippen LogP contribution in [0.25, 0.3) is 16.9 Å². The van der Waals surface area contributed by atoms with Crippen molar-refractivity contribution >= 4 is 16.9 Å². The number of aryl methyl sites for hydroxylation is 4. The Balaban J connectivity index is 1.92. The van der Waals surface area contributed by atoms with Gasteiger partial charge in [0.15, 0.2) is 11.2 Å². The van der Waals surface area contributed by atoms with Crippen molar-refractivity contribution in [1.82, 2.24) is 23.1 Å². The molecule has 1 aromatic carbocycles. The van der Waals surface area contributed by atoms with Gasteiger partial charge in [0.1, 0.15) is 0 Å². The Morgan fingerprint density at radius 1 is 1.03 bits per heavy atom. The molecule has 0 aliphatic rings. The summed E-state index contributed by atoms with van der Waals surface area (Å²) in [6.07, 6.45) is 0.845. The van der Waals surface area contributed by atoms with Crippen LogP contribution in [0.5, 0.6) is 0 Å². The summed E-state index contributed by atoms with van der Waals surface area (Å²) in [6.45, 7) is 10.3. The first kappa shape index (κ1) is 21.1. The Hall–Kier alpha value is -3.13. The number of ether oxygens (including phenoxy) is 1. The lowest BCUT2D eigenvalue weighted by atomic mass is 10.1. The fourth-order valence-electron chi connectivity index (χ4n) is 4.15. The molecule has 0 saturated heterocycles. The van der Waals surface area contributed by atoms with E-state index in [1.807, 2.05) is 56.4 Å². The number of hydrogen-bond acceptors (Lipinski definition) is 4. The molecular weight excluding hydrogens is 394 g/mol. The number of aromatic nitrogens is 5. The molecule has 0 amide bonds. The van der Waals surface area contributed by atoms with Crippen molar-refractivity contribution in [3.63, 3.8) is 0 Å². The zero-order chi connectivity index (χ0) is 22.3. The highest BCUT2D eigenvalue weighted by Gasteiger charge is 2.22. The van der Waals surface area contributed by atoms with Crippen LogP contribution in [0.1, 0.15) is 35.9 Å². The van der Waals surface area contributed by atoms with Crippen LogP contribution in [0.4, 0.5) is 0 Å². The Morgan fingerprint density at radius 2 is 1.77 bits per heavy atom. The van der Waals surface area contributed by atoms with Crippen LogP contribution in [-0.4, -0.2) is 36.3 Å². The van der Waals surface area contributed by atoms with E-state index in [0.29, 0.717) is 30.2 Å². The summed E-state index contributed by atoms with van der Waals surface area (Å²) in [6, 6.07) is 7.80. The molecule has 164 valence electrons. The molecular formula is C23H29N5O3. The van der Waals surface area contributed by atoms with Gasteiger partial charge in [-0.1, -0.05) is 24.3 Å². The van der Waals surface area contributed by atoms with E-state index in [-0.39, 0.29) is 17.8 Å². The number of fused-ring (bicyclic) bond motifs is 3. The average Bonchev–Trinajstić information content (AvgIpc) is 3.25. The van der Waals surface area contributed by atoms with Gasteiger partial charge in [0.05, 0.1) is 6.54 Å². The quantitative estimate of drug-likeness (QED) is 0.428. The van der Waals surface area contributed by atoms with Gasteiger partial charge in [0, 0.05) is 38.2 Å². The lowest BCUT2D eigenvalue weighted by Gasteiger charge is -2.10. The summed E-state index contributed by atoms with van der Waals surface area (Å²) in [7, 11) is 1.67. The van der Waals surface area contributed by atoms with E-state index in [9.17, 15) is 9.59 Å². The molecule has 0 N–H and O–H groups in total. The van der Waals surface area contributed by atoms with Crippen molar-refractivity contribution in [1.29, 1.82) is 0 Å². The van der Waals surface area contributed by atoms with Crippen LogP contribution in [0, 0.1) is 20.8 Å². The van der Waals surface area contributed by atoms with Crippen LogP contribution < -0.4 is 11.2 Å². The van der Waals surface area contributed by atoms with E-state index in [1.165, 1.54) is 9.13 Å². The lowest BCUT2D eigenvalue weighted by Crippen LogP contribution is -2.39. The molecule has 0 radical (unpaired) electrons. The van der Waals surface area contributed by atoms with Crippen LogP contribution in [0.15, 0.2) is 33.9 Å². The van der Waals surface area contributed by atoms with Gasteiger partial charge < -0.3 is 9.30 Å². The number of imidazole rings is 2. The topological polar surface area (TPSA) is 75.5 Å². The number of hydrogen-bond donors (Lipinski definition) is 0. The van der Waals surface area contributed by atoms with E-state index in [0.717, 1.165) is 35.5 Å². The van der Waals surface area contributed by atoms with Crippen molar-refractivity contribution in [3.05, 3.63) is 67.6 Å². The smallest absolute Gasteiger partial charge is 0.332 e. The molecule has 8 nitrogen and oxygen atoms in total. The monoisotopic (exact) mass is 423 g/mol. The standard InChI is InChI=1S/C23H29N5O3/c1-6-31-13-9-12-26-16(3)17(4)28-19-20(24-22(26)28)25(5)23(30)27(21(19)29)14-18-11-8-7-10-15(18)2/h7-8,10-11H,6,9,12-14H2,1-5H3. The Bertz CT molecular complexity index is 1390. The summed E-state index contributed by atoms with van der Waals surface area (Å²) in [5.74, 6) is 0.683. The summed E-state index contributed by atoms with van der Waals surface area (Å²) < 4.78 is 12.2. The van der Waals surface area contributed by atoms with Gasteiger partial charge in [0.2, 0.25) is 5.78 Å². The van der Waals surface area contributed by atoms with E-state index < -0.39 is 0 Å². The number of benzene rings is 1. The maximum atomic E-state index is 13.5. The summed E-state index contributed by atoms with van der Waals surface area (Å²) >= 11 is 0. The normalized spacial score (nSPS) is 11.8. The predicted octanol–water partition coefficient (Wildman–Crippen LogP) is 2.55. The molecule has 8 heteroatoms. The maximum Gasteiger partial charge on any atom is 0.332 e. The average molecular weight is 424 g/mol. The first-order valence-electron chi connectivity index (χ1n) is 10.7. The number of rotatable bonds is 7. The minimum atomic E-state index is -0.362. The summed E-state index contributed by atoms with van der Waals surface area (Å²) in [5.41, 5.74) is 4.17. The molecule has 3 aromatic heterocycles. The Kier molecular flexibility index (Phi) is 5.58. The van der Waals surface area contributed by atoms with Crippen molar-refractivity contribution < 1.29 is 4.74 Å². The molecule has 31 heavy (non-hydrogen) atoms. The van der Waals surface area contributed by atoms with E-state index in [4.69, 9.17) is 9.72 Å². The minimum absolute atomic E-state index is 0.231. The fraction of sp³-hybridized carbons (Fsp3) is 0.435. The van der Waals surface area contributed by atoms with Crippen molar-refractivity contribution in [3.8, 4) is 0 Å². The van der Waals surface area contributed by atoms with E-state index in [1.54, 1.807) is 7.05 Å². The van der Waals surface area contributed by atoms with Gasteiger partial charge in [-0.2, -0.15) is 4.98 Å². The molecule has 4 rings (SSSR count). The first-order chi connectivity index (χ1) is 14.9. The van der Waals surface area contributed by atoms with Crippen LogP contribution in [-0.2, 0) is 24.9 Å². The first-order valence-corrected chi connectivity index (χ1v) is 10.7. The highest BCUT2D eigenvalue weighted by atomic mass is 16.5. The van der Waals surface area contributed by atoms with Gasteiger partial charge in [-0.3, -0.25) is 18.3 Å². The van der Waals surface area contributed by atoms with Gasteiger partial charge >= 0.3 is 5.69 Å². The number of nitrogens with zero attached hydrogens (tertiary/aromatic N) is 5. The second-order valence-electron chi connectivity index (χ2n) is 7.95. The van der Waals surface area contributed by atoms with E-state index >= 15 is 0 Å². The zero-order valence-electron chi connectivity index (χ0n) is 18.8. The molecule has 0 atom stereocenters. The van der Waals surface area contributed by atoms with Crippen molar-refractivity contribution in [2.75, 3.05) is 13.2 Å². The second kappa shape index (κ2) is 8.19. The highest BCUT2D eigenvalue weighted by Crippen LogP contribution is 2.21. The molecule has 0 aliphatic heterocycles. The van der Waals surface area contributed by atoms with E-state index in [2.05, 4.69) is 4.57 Å². The Morgan fingerprint density at radius 3 is 2.48 bits per heavy atom. The molecule has 0 unspecified atom stereocenters. The van der Waals surface area contributed by atoms with Crippen LogP contribution in [0.3, 0.4) is 0 Å². The highest BCUT2D eigenvalue weighted by molar-refractivity contribution is 5.76. The second-order valence-corrected chi connectivity index (χ2v) is 7.95. The van der Waals surface area contributed by atoms with Gasteiger partial charge in [-0.25, -0.2) is 4.79 Å². The third kappa shape index (κ3) is 3.40. The van der Waals surface area contributed by atoms with Gasteiger partial charge in [-0.05, 0) is 45.2 Å². The molecule has 4 aromatic rings. The molecule has 0 saturated carbocycles. The van der Waals surface area contributed by atoms with Gasteiger partial charge in [0.25, 0.3) is 5.56 Å². The van der Waals surface area contributed by atoms with Crippen molar-refractivity contribution in [2.24, 2.45) is 7.05 Å². The van der Waals surface area contributed by atoms with Crippen LogP contribution in [0.2, 0.25) is 0 Å². The van der Waals surface area contributed by atoms with Gasteiger partial charge in [-0.15, -0.1) is 0 Å². The third-order valence-electron chi connectivity index (χ3n) is 6.09. The largest absolute Gasteiger partial charge is 0.382 e. The van der Waals surface area contributed by atoms with Crippen LogP contribution >= 0.6 is 0 Å². The van der Waals surface area contributed by atoms with Crippen molar-refractivity contribution in [2.45, 2.75) is 47.2 Å². The summed E-state index contributed by atoms with van der Waals surface area (Å²) in [5, 5.41) is 0. The lowest BCUT2D eigenvalue weighted by molar-refractivity contribution is 0.142.